The van der Waals surface area contributed by atoms with E-state index in [2.05, 4.69) is 0 Å². The van der Waals surface area contributed by atoms with Gasteiger partial charge < -0.3 is 4.67 Å². The van der Waals surface area contributed by atoms with Crippen molar-refractivity contribution >= 4 is 71.8 Å². The zero-order chi connectivity index (χ0) is 17.1. The lowest BCUT2D eigenvalue weighted by Gasteiger charge is -2.41. The monoisotopic (exact) mass is 427 g/mol. The van der Waals surface area contributed by atoms with Gasteiger partial charge in [0.05, 0.1) is 8.07 Å². The van der Waals surface area contributed by atoms with Crippen LogP contribution in [0.3, 0.4) is 0 Å². The van der Waals surface area contributed by atoms with Crippen LogP contribution < -0.4 is 4.67 Å². The van der Waals surface area contributed by atoms with Crippen LogP contribution in [0, 0.1) is 0 Å². The van der Waals surface area contributed by atoms with Gasteiger partial charge in [-0.15, -0.1) is 0 Å². The van der Waals surface area contributed by atoms with E-state index in [0.29, 0.717) is 6.42 Å². The largest absolute Gasteiger partial charge is 0.348 e. The number of alkyl halides is 5. The molecule has 0 aliphatic carbocycles. The number of nitrogens with zero attached hydrogens (tertiary/aromatic N) is 1. The van der Waals surface area contributed by atoms with Crippen molar-refractivity contribution in [3.63, 3.8) is 0 Å². The smallest absolute Gasteiger partial charge is 0.230 e. The first-order chi connectivity index (χ1) is 10.7. The van der Waals surface area contributed by atoms with Gasteiger partial charge in [-0.2, -0.15) is 0 Å². The molecule has 0 aromatic heterocycles. The molecule has 0 fully saturated rings. The summed E-state index contributed by atoms with van der Waals surface area (Å²) in [6, 6.07) is 19.3. The second-order valence-electron chi connectivity index (χ2n) is 4.97. The van der Waals surface area contributed by atoms with Crippen molar-refractivity contribution in [2.75, 3.05) is 11.7 Å². The summed E-state index contributed by atoms with van der Waals surface area (Å²) in [6.07, 6.45) is 0.383. The Morgan fingerprint density at radius 1 is 0.826 bits per heavy atom. The van der Waals surface area contributed by atoms with Crippen LogP contribution in [-0.4, -0.2) is 14.7 Å². The van der Waals surface area contributed by atoms with Gasteiger partial charge in [-0.3, -0.25) is 0 Å². The molecule has 0 heterocycles. The van der Waals surface area contributed by atoms with Crippen molar-refractivity contribution in [2.45, 2.75) is 14.0 Å². The molecule has 0 aliphatic heterocycles. The molecule has 0 aliphatic rings. The van der Waals surface area contributed by atoms with Crippen molar-refractivity contribution in [3.8, 4) is 0 Å². The molecule has 2 aromatic carbocycles. The molecule has 0 saturated carbocycles. The van der Waals surface area contributed by atoms with Gasteiger partial charge in [-0.1, -0.05) is 107 Å². The molecule has 2 rings (SSSR count). The third-order valence-electron chi connectivity index (χ3n) is 3.24. The second-order valence-corrected chi connectivity index (χ2v) is 12.7. The predicted molar refractivity (Wildman–Crippen MR) is 107 cm³/mol. The summed E-state index contributed by atoms with van der Waals surface area (Å²) < 4.78 is -0.962. The highest BCUT2D eigenvalue weighted by molar-refractivity contribution is 7.72. The van der Waals surface area contributed by atoms with Crippen LogP contribution in [0.4, 0.5) is 5.69 Å². The molecule has 2 aromatic rings. The maximum Gasteiger partial charge on any atom is 0.230 e. The summed E-state index contributed by atoms with van der Waals surface area (Å²) >= 11 is 32.1. The molecule has 1 atom stereocenters. The lowest BCUT2D eigenvalue weighted by molar-refractivity contribution is 1.000. The molecule has 0 bridgehead atoms. The van der Waals surface area contributed by atoms with Crippen LogP contribution in [0.15, 0.2) is 60.7 Å². The molecule has 0 spiro atoms. The third kappa shape index (κ3) is 5.30. The van der Waals surface area contributed by atoms with E-state index in [1.54, 1.807) is 0 Å². The Balaban J connectivity index is 2.34. The number of hydrogen-bond donors (Lipinski definition) is 0. The summed E-state index contributed by atoms with van der Waals surface area (Å²) in [4.78, 5) is 0. The Labute approximate surface area is 163 Å². The standard InChI is InChI=1S/C16H15Cl5NP/c1-22(14-10-6-3-7-11-14)23(16(19,20)21)15(17,18)12-13-8-4-2-5-9-13/h2-11H,12H2,1H3/t23-/m1/s1. The Morgan fingerprint density at radius 2 is 1.30 bits per heavy atom. The maximum absolute atomic E-state index is 6.67. The summed E-state index contributed by atoms with van der Waals surface area (Å²) in [5.74, 6) is 0. The number of hydrogen-bond acceptors (Lipinski definition) is 1. The molecule has 1 nitrogen and oxygen atoms in total. The fraction of sp³-hybridized carbons (Fsp3) is 0.250. The lowest BCUT2D eigenvalue weighted by atomic mass is 10.2. The Bertz CT molecular complexity index is 615. The average Bonchev–Trinajstić information content (AvgIpc) is 2.47. The Morgan fingerprint density at radius 3 is 1.78 bits per heavy atom. The minimum absolute atomic E-state index is 0.383. The molecule has 23 heavy (non-hydrogen) atoms. The number of para-hydroxylation sites is 1. The zero-order valence-corrected chi connectivity index (χ0v) is 16.9. The minimum Gasteiger partial charge on any atom is -0.348 e. The van der Waals surface area contributed by atoms with Crippen molar-refractivity contribution in [2.24, 2.45) is 0 Å². The van der Waals surface area contributed by atoms with E-state index in [1.165, 1.54) is 0 Å². The van der Waals surface area contributed by atoms with Crippen LogP contribution in [-0.2, 0) is 6.42 Å². The molecule has 0 N–H and O–H groups in total. The Hall–Kier alpha value is 0.120. The first-order valence-corrected chi connectivity index (χ1v) is 9.98. The molecular weight excluding hydrogens is 414 g/mol. The molecule has 0 amide bonds. The van der Waals surface area contributed by atoms with E-state index in [-0.39, 0.29) is 0 Å². The number of anilines is 1. The van der Waals surface area contributed by atoms with Gasteiger partial charge in [0, 0.05) is 19.2 Å². The summed E-state index contributed by atoms with van der Waals surface area (Å²) in [5.41, 5.74) is 1.88. The van der Waals surface area contributed by atoms with Crippen LogP contribution in [0.1, 0.15) is 5.56 Å². The second kappa shape index (κ2) is 8.00. The molecule has 7 heteroatoms. The van der Waals surface area contributed by atoms with E-state index < -0.39 is 15.7 Å². The highest BCUT2D eigenvalue weighted by Gasteiger charge is 2.50. The van der Waals surface area contributed by atoms with Crippen LogP contribution in [0.2, 0.25) is 0 Å². The lowest BCUT2D eigenvalue weighted by Crippen LogP contribution is -2.31. The fourth-order valence-corrected chi connectivity index (χ4v) is 8.94. The summed E-state index contributed by atoms with van der Waals surface area (Å²) in [5, 5.41) is 0. The highest BCUT2D eigenvalue weighted by atomic mass is 35.6. The van der Waals surface area contributed by atoms with Crippen LogP contribution >= 0.6 is 66.1 Å². The van der Waals surface area contributed by atoms with E-state index >= 15 is 0 Å². The van der Waals surface area contributed by atoms with Gasteiger partial charge in [-0.25, -0.2) is 0 Å². The van der Waals surface area contributed by atoms with Crippen molar-refractivity contribution in [3.05, 3.63) is 66.2 Å². The predicted octanol–water partition coefficient (Wildman–Crippen LogP) is 7.22. The highest BCUT2D eigenvalue weighted by Crippen LogP contribution is 2.71. The van der Waals surface area contributed by atoms with E-state index in [0.717, 1.165) is 11.3 Å². The topological polar surface area (TPSA) is 3.24 Å². The van der Waals surface area contributed by atoms with Crippen LogP contribution in [0.5, 0.6) is 0 Å². The zero-order valence-electron chi connectivity index (χ0n) is 12.3. The SMILES string of the molecule is CN(c1ccccc1)[P@@](C(Cl)(Cl)Cl)C(Cl)(Cl)Cc1ccccc1. The molecule has 0 unspecified atom stereocenters. The van der Waals surface area contributed by atoms with Gasteiger partial charge in [0.2, 0.25) is 3.53 Å². The van der Waals surface area contributed by atoms with Gasteiger partial charge in [0.25, 0.3) is 0 Å². The molecule has 0 radical (unpaired) electrons. The quantitative estimate of drug-likeness (QED) is 0.358. The summed E-state index contributed by atoms with van der Waals surface area (Å²) in [6.45, 7) is 0. The van der Waals surface area contributed by atoms with E-state index in [9.17, 15) is 0 Å². The van der Waals surface area contributed by atoms with E-state index in [1.807, 2.05) is 72.4 Å². The number of halogens is 5. The van der Waals surface area contributed by atoms with Gasteiger partial charge >= 0.3 is 0 Å². The average molecular weight is 430 g/mol. The normalized spacial score (nSPS) is 13.7. The third-order valence-corrected chi connectivity index (χ3v) is 8.00. The maximum atomic E-state index is 6.67. The first kappa shape index (κ1) is 19.4. The molecular formula is C16H15Cl5NP. The van der Waals surface area contributed by atoms with Crippen LogP contribution in [0.25, 0.3) is 0 Å². The van der Waals surface area contributed by atoms with Gasteiger partial charge in [-0.05, 0) is 17.7 Å². The van der Waals surface area contributed by atoms with E-state index in [4.69, 9.17) is 58.0 Å². The number of benzene rings is 2. The Kier molecular flexibility index (Phi) is 6.76. The van der Waals surface area contributed by atoms with Gasteiger partial charge in [0.15, 0.2) is 4.07 Å². The van der Waals surface area contributed by atoms with Gasteiger partial charge in [0.1, 0.15) is 0 Å². The molecule has 124 valence electrons. The first-order valence-electron chi connectivity index (χ1n) is 6.79. The van der Waals surface area contributed by atoms with Crippen molar-refractivity contribution in [1.29, 1.82) is 0 Å². The minimum atomic E-state index is -1.60. The van der Waals surface area contributed by atoms with Crippen molar-refractivity contribution in [1.82, 2.24) is 0 Å². The van der Waals surface area contributed by atoms with Crippen molar-refractivity contribution < 1.29 is 0 Å². The number of rotatable bonds is 5. The summed E-state index contributed by atoms with van der Waals surface area (Å²) in [7, 11) is 0.295. The molecule has 0 saturated heterocycles. The fourth-order valence-electron chi connectivity index (χ4n) is 2.25.